The summed E-state index contributed by atoms with van der Waals surface area (Å²) < 4.78 is 5.97. The minimum atomic E-state index is -0.186. The molecule has 0 atom stereocenters. The summed E-state index contributed by atoms with van der Waals surface area (Å²) in [5.74, 6) is 0.429. The zero-order valence-corrected chi connectivity index (χ0v) is 18.7. The monoisotopic (exact) mass is 448 g/mol. The minimum absolute atomic E-state index is 0.0325. The molecule has 0 aliphatic carbocycles. The fourth-order valence-corrected chi connectivity index (χ4v) is 4.71. The number of aliphatic hydroxyl groups is 1. The molecule has 0 unspecified atom stereocenters. The van der Waals surface area contributed by atoms with Crippen LogP contribution < -0.4 is 15.4 Å². The number of fused-ring (bicyclic) bond motifs is 2. The molecular formula is C25H28N4O4. The van der Waals surface area contributed by atoms with Gasteiger partial charge in [0.05, 0.1) is 36.1 Å². The van der Waals surface area contributed by atoms with Crippen molar-refractivity contribution in [2.24, 2.45) is 0 Å². The van der Waals surface area contributed by atoms with Crippen LogP contribution in [0.1, 0.15) is 18.1 Å². The molecule has 8 nitrogen and oxygen atoms in total. The summed E-state index contributed by atoms with van der Waals surface area (Å²) in [5, 5.41) is 22.8. The Bertz CT molecular complexity index is 1320. The Balaban J connectivity index is 1.55. The Morgan fingerprint density at radius 1 is 1.27 bits per heavy atom. The molecule has 2 aromatic heterocycles. The average molecular weight is 449 g/mol. The van der Waals surface area contributed by atoms with Gasteiger partial charge in [0, 0.05) is 25.2 Å². The largest absolute Gasteiger partial charge is 0.872 e. The van der Waals surface area contributed by atoms with Crippen molar-refractivity contribution in [2.75, 3.05) is 39.3 Å². The van der Waals surface area contributed by atoms with Crippen molar-refractivity contribution in [2.45, 2.75) is 19.9 Å². The van der Waals surface area contributed by atoms with Gasteiger partial charge in [-0.15, -0.1) is 0 Å². The molecule has 1 saturated heterocycles. The van der Waals surface area contributed by atoms with Crippen molar-refractivity contribution >= 4 is 22.0 Å². The maximum Gasteiger partial charge on any atom is 0.203 e. The maximum atomic E-state index is 13.5. The number of nitrogens with one attached hydrogen (secondary N) is 2. The molecule has 0 spiro atoms. The Morgan fingerprint density at radius 3 is 2.79 bits per heavy atom. The van der Waals surface area contributed by atoms with Gasteiger partial charge in [-0.3, -0.25) is 9.69 Å². The van der Waals surface area contributed by atoms with Gasteiger partial charge in [0.15, 0.2) is 0 Å². The average Bonchev–Trinajstić information content (AvgIpc) is 3.26. The Hall–Kier alpha value is -3.20. The Labute approximate surface area is 191 Å². The fourth-order valence-electron chi connectivity index (χ4n) is 4.71. The smallest absolute Gasteiger partial charge is 0.203 e. The lowest BCUT2D eigenvalue weighted by Crippen LogP contribution is -3.13. The van der Waals surface area contributed by atoms with Crippen LogP contribution in [-0.2, 0) is 13.0 Å². The van der Waals surface area contributed by atoms with Crippen LogP contribution in [0.2, 0.25) is 0 Å². The van der Waals surface area contributed by atoms with E-state index in [4.69, 9.17) is 9.52 Å². The molecular weight excluding hydrogens is 420 g/mol. The molecule has 1 fully saturated rings. The number of rotatable bonds is 6. The SMILES string of the molecule is CCc1cc2c(=O)c(-c3nc4ccccc4[nH]3)coc2c(C[NH+]2CCN(CCO)CC2)c1[O-]. The summed E-state index contributed by atoms with van der Waals surface area (Å²) in [5.41, 5.74) is 3.38. The molecule has 2 aromatic carbocycles. The molecule has 8 heteroatoms. The molecule has 1 aliphatic rings. The van der Waals surface area contributed by atoms with Gasteiger partial charge in [-0.25, -0.2) is 4.98 Å². The van der Waals surface area contributed by atoms with E-state index in [-0.39, 0.29) is 17.8 Å². The lowest BCUT2D eigenvalue weighted by atomic mass is 10.0. The number of aliphatic hydroxyl groups excluding tert-OH is 1. The number of hydrogen-bond donors (Lipinski definition) is 3. The second-order valence-electron chi connectivity index (χ2n) is 8.65. The molecule has 0 radical (unpaired) electrons. The predicted octanol–water partition coefficient (Wildman–Crippen LogP) is 0.665. The first-order chi connectivity index (χ1) is 16.1. The highest BCUT2D eigenvalue weighted by atomic mass is 16.3. The van der Waals surface area contributed by atoms with Crippen LogP contribution in [0.25, 0.3) is 33.4 Å². The van der Waals surface area contributed by atoms with Crippen LogP contribution in [-0.4, -0.2) is 59.3 Å². The number of hydrogen-bond acceptors (Lipinski definition) is 6. The standard InChI is InChI=1S/C25H28N4O4/c1-2-16-13-17-23(32)19(25-26-20-5-3-4-6-21(20)27-25)15-33-24(17)18(22(16)31)14-29-9-7-28(8-10-29)11-12-30/h3-6,13,15,30-31H,2,7-12,14H2,1H3,(H,26,27). The molecule has 0 amide bonds. The number of benzene rings is 2. The van der Waals surface area contributed by atoms with Crippen LogP contribution in [0.4, 0.5) is 0 Å². The molecule has 3 N–H and O–H groups in total. The van der Waals surface area contributed by atoms with Gasteiger partial charge in [-0.2, -0.15) is 0 Å². The summed E-state index contributed by atoms with van der Waals surface area (Å²) >= 11 is 0. The molecule has 5 rings (SSSR count). The van der Waals surface area contributed by atoms with E-state index < -0.39 is 0 Å². The predicted molar refractivity (Wildman–Crippen MR) is 124 cm³/mol. The van der Waals surface area contributed by atoms with E-state index >= 15 is 0 Å². The number of aromatic amines is 1. The number of piperazine rings is 1. The van der Waals surface area contributed by atoms with E-state index in [0.29, 0.717) is 53.0 Å². The second-order valence-corrected chi connectivity index (χ2v) is 8.65. The zero-order valence-electron chi connectivity index (χ0n) is 18.7. The first kappa shape index (κ1) is 21.6. The highest BCUT2D eigenvalue weighted by molar-refractivity contribution is 5.87. The quantitative estimate of drug-likeness (QED) is 0.400. The summed E-state index contributed by atoms with van der Waals surface area (Å²) in [6.07, 6.45) is 1.97. The number of imidazole rings is 1. The number of aromatic nitrogens is 2. The maximum absolute atomic E-state index is 13.5. The van der Waals surface area contributed by atoms with Crippen LogP contribution >= 0.6 is 0 Å². The summed E-state index contributed by atoms with van der Waals surface area (Å²) in [7, 11) is 0. The fraction of sp³-hybridized carbons (Fsp3) is 0.360. The number of para-hydroxylation sites is 2. The van der Waals surface area contributed by atoms with E-state index in [9.17, 15) is 9.90 Å². The van der Waals surface area contributed by atoms with E-state index in [0.717, 1.165) is 37.2 Å². The third-order valence-electron chi connectivity index (χ3n) is 6.62. The molecule has 4 aromatic rings. The van der Waals surface area contributed by atoms with Gasteiger partial charge in [-0.1, -0.05) is 30.4 Å². The van der Waals surface area contributed by atoms with Crippen molar-refractivity contribution in [1.82, 2.24) is 14.9 Å². The number of β-amino-alcohol motifs (C(OH)–C–C–N with tert-alkyl or cyclic N) is 1. The van der Waals surface area contributed by atoms with Crippen LogP contribution in [0, 0.1) is 0 Å². The molecule has 0 bridgehead atoms. The van der Waals surface area contributed by atoms with Crippen molar-refractivity contribution in [1.29, 1.82) is 0 Å². The van der Waals surface area contributed by atoms with Crippen molar-refractivity contribution in [3.63, 3.8) is 0 Å². The summed E-state index contributed by atoms with van der Waals surface area (Å²) in [4.78, 5) is 24.7. The van der Waals surface area contributed by atoms with Gasteiger partial charge < -0.3 is 24.5 Å². The molecule has 33 heavy (non-hydrogen) atoms. The number of nitrogens with zero attached hydrogens (tertiary/aromatic N) is 2. The first-order valence-electron chi connectivity index (χ1n) is 11.5. The van der Waals surface area contributed by atoms with Crippen molar-refractivity contribution in [3.8, 4) is 17.1 Å². The summed E-state index contributed by atoms with van der Waals surface area (Å²) in [6, 6.07) is 9.30. The lowest BCUT2D eigenvalue weighted by Gasteiger charge is -2.32. The highest BCUT2D eigenvalue weighted by Crippen LogP contribution is 2.30. The van der Waals surface area contributed by atoms with Crippen LogP contribution in [0.5, 0.6) is 5.75 Å². The highest BCUT2D eigenvalue weighted by Gasteiger charge is 2.23. The zero-order chi connectivity index (χ0) is 22.9. The topological polar surface area (TPSA) is 110 Å². The van der Waals surface area contributed by atoms with Gasteiger partial charge in [0.25, 0.3) is 0 Å². The normalized spacial score (nSPS) is 15.6. The van der Waals surface area contributed by atoms with Gasteiger partial charge in [0.1, 0.15) is 29.8 Å². The lowest BCUT2D eigenvalue weighted by molar-refractivity contribution is -0.918. The van der Waals surface area contributed by atoms with E-state index in [2.05, 4.69) is 14.9 Å². The van der Waals surface area contributed by atoms with Crippen LogP contribution in [0.15, 0.2) is 45.8 Å². The third-order valence-corrected chi connectivity index (χ3v) is 6.62. The first-order valence-corrected chi connectivity index (χ1v) is 11.5. The number of aryl methyl sites for hydroxylation is 1. The van der Waals surface area contributed by atoms with Crippen LogP contribution in [0.3, 0.4) is 0 Å². The van der Waals surface area contributed by atoms with Crippen molar-refractivity contribution in [3.05, 3.63) is 57.9 Å². The van der Waals surface area contributed by atoms with Crippen molar-refractivity contribution < 1.29 is 19.5 Å². The number of H-pyrrole nitrogens is 1. The Kier molecular flexibility index (Phi) is 5.88. The summed E-state index contributed by atoms with van der Waals surface area (Å²) in [6.45, 7) is 6.76. The third kappa shape index (κ3) is 4.01. The van der Waals surface area contributed by atoms with E-state index in [1.165, 1.54) is 11.2 Å². The molecule has 1 aliphatic heterocycles. The minimum Gasteiger partial charge on any atom is -0.872 e. The van der Waals surface area contributed by atoms with E-state index in [1.54, 1.807) is 6.07 Å². The molecule has 0 saturated carbocycles. The Morgan fingerprint density at radius 2 is 2.06 bits per heavy atom. The molecule has 172 valence electrons. The number of quaternary nitrogens is 1. The van der Waals surface area contributed by atoms with Gasteiger partial charge in [0.2, 0.25) is 5.43 Å². The van der Waals surface area contributed by atoms with E-state index in [1.807, 2.05) is 31.2 Å². The van der Waals surface area contributed by atoms with Gasteiger partial charge >= 0.3 is 0 Å². The second kappa shape index (κ2) is 8.97. The van der Waals surface area contributed by atoms with Gasteiger partial charge in [-0.05, 0) is 24.6 Å². The molecule has 3 heterocycles.